The quantitative estimate of drug-likeness (QED) is 0.426. The summed E-state index contributed by atoms with van der Waals surface area (Å²) in [6.45, 7) is 13.9. The van der Waals surface area contributed by atoms with Crippen molar-refractivity contribution in [1.82, 2.24) is 0 Å². The molecule has 0 saturated carbocycles. The van der Waals surface area contributed by atoms with Gasteiger partial charge in [0.25, 0.3) is 0 Å². The summed E-state index contributed by atoms with van der Waals surface area (Å²) in [4.78, 5) is 31.0. The van der Waals surface area contributed by atoms with Crippen LogP contribution >= 0.6 is 0 Å². The Labute approximate surface area is 208 Å². The van der Waals surface area contributed by atoms with Crippen LogP contribution in [0.3, 0.4) is 0 Å². The van der Waals surface area contributed by atoms with E-state index in [2.05, 4.69) is 18.7 Å². The van der Waals surface area contributed by atoms with Crippen molar-refractivity contribution in [3.63, 3.8) is 0 Å². The third-order valence-corrected chi connectivity index (χ3v) is 6.39. The van der Waals surface area contributed by atoms with E-state index in [0.29, 0.717) is 11.1 Å². The zero-order chi connectivity index (χ0) is 25.5. The molecule has 0 fully saturated rings. The summed E-state index contributed by atoms with van der Waals surface area (Å²) in [5.74, 6) is -1.46. The molecule has 6 nitrogen and oxygen atoms in total. The van der Waals surface area contributed by atoms with Crippen molar-refractivity contribution in [2.75, 3.05) is 36.1 Å². The van der Waals surface area contributed by atoms with Gasteiger partial charge in [0.2, 0.25) is 0 Å². The monoisotopic (exact) mass is 476 g/mol. The Balaban J connectivity index is 2.25. The van der Waals surface area contributed by atoms with E-state index in [9.17, 15) is 9.59 Å². The van der Waals surface area contributed by atoms with Gasteiger partial charge in [0.1, 0.15) is 0 Å². The van der Waals surface area contributed by atoms with E-state index >= 15 is 0 Å². The molecule has 1 heterocycles. The van der Waals surface area contributed by atoms with Gasteiger partial charge in [-0.3, -0.25) is 0 Å². The summed E-state index contributed by atoms with van der Waals surface area (Å²) in [5, 5.41) is 0. The lowest BCUT2D eigenvalue weighted by Crippen LogP contribution is -2.35. The average Bonchev–Trinajstić information content (AvgIpc) is 2.86. The van der Waals surface area contributed by atoms with Crippen LogP contribution in [0.4, 0.5) is 11.4 Å². The van der Waals surface area contributed by atoms with Crippen molar-refractivity contribution < 1.29 is 19.1 Å². The van der Waals surface area contributed by atoms with Crippen LogP contribution in [0, 0.1) is 0 Å². The number of carbonyl (C=O) groups excluding carboxylic acids is 2. The van der Waals surface area contributed by atoms with Crippen molar-refractivity contribution in [2.24, 2.45) is 0 Å². The van der Waals surface area contributed by atoms with Gasteiger partial charge in [0.15, 0.2) is 0 Å². The highest BCUT2D eigenvalue weighted by Gasteiger charge is 2.41. The van der Waals surface area contributed by atoms with Gasteiger partial charge in [-0.25, -0.2) is 9.59 Å². The molecule has 186 valence electrons. The highest BCUT2D eigenvalue weighted by atomic mass is 16.5. The minimum Gasteiger partial charge on any atom is -0.463 e. The molecule has 1 aliphatic rings. The van der Waals surface area contributed by atoms with E-state index in [1.165, 1.54) is 0 Å². The van der Waals surface area contributed by atoms with E-state index in [-0.39, 0.29) is 13.2 Å². The van der Waals surface area contributed by atoms with Crippen LogP contribution in [-0.2, 0) is 19.1 Å². The van der Waals surface area contributed by atoms with Crippen LogP contribution in [-0.4, -0.2) is 38.2 Å². The predicted octanol–water partition coefficient (Wildman–Crippen LogP) is 5.81. The van der Waals surface area contributed by atoms with Crippen molar-refractivity contribution in [3.8, 4) is 0 Å². The molecule has 0 aliphatic carbocycles. The minimum atomic E-state index is -0.598. The number of allylic oxidation sites excluding steroid dienone is 2. The van der Waals surface area contributed by atoms with Gasteiger partial charge in [-0.1, -0.05) is 30.3 Å². The Morgan fingerprint density at radius 2 is 1.26 bits per heavy atom. The Morgan fingerprint density at radius 1 is 0.771 bits per heavy atom. The van der Waals surface area contributed by atoms with Crippen LogP contribution < -0.4 is 9.80 Å². The number of anilines is 2. The molecule has 0 radical (unpaired) electrons. The highest BCUT2D eigenvalue weighted by Crippen LogP contribution is 2.44. The Kier molecular flexibility index (Phi) is 8.74. The second kappa shape index (κ2) is 11.7. The molecule has 2 aromatic rings. The lowest BCUT2D eigenvalue weighted by Gasteiger charge is -2.38. The van der Waals surface area contributed by atoms with E-state index in [0.717, 1.165) is 41.4 Å². The first kappa shape index (κ1) is 26.1. The summed E-state index contributed by atoms with van der Waals surface area (Å²) in [5.41, 5.74) is 5.16. The van der Waals surface area contributed by atoms with Crippen molar-refractivity contribution in [3.05, 3.63) is 82.7 Å². The largest absolute Gasteiger partial charge is 0.463 e. The van der Waals surface area contributed by atoms with Crippen LogP contribution in [0.25, 0.3) is 0 Å². The first-order valence-electron chi connectivity index (χ1n) is 12.3. The zero-order valence-electron chi connectivity index (χ0n) is 21.6. The number of benzene rings is 2. The second-order valence-corrected chi connectivity index (χ2v) is 8.31. The molecule has 0 aromatic heterocycles. The fourth-order valence-electron chi connectivity index (χ4n) is 4.77. The van der Waals surface area contributed by atoms with Crippen LogP contribution in [0.1, 0.15) is 53.0 Å². The number of hydrogen-bond acceptors (Lipinski definition) is 6. The third kappa shape index (κ3) is 5.26. The number of para-hydroxylation sites is 1. The van der Waals surface area contributed by atoms with E-state index < -0.39 is 17.9 Å². The van der Waals surface area contributed by atoms with Gasteiger partial charge >= 0.3 is 11.9 Å². The minimum absolute atomic E-state index is 0.242. The van der Waals surface area contributed by atoms with Gasteiger partial charge in [-0.05, 0) is 71.4 Å². The van der Waals surface area contributed by atoms with Crippen LogP contribution in [0.15, 0.2) is 77.1 Å². The highest BCUT2D eigenvalue weighted by molar-refractivity contribution is 6.01. The van der Waals surface area contributed by atoms with Gasteiger partial charge in [-0.2, -0.15) is 0 Å². The number of carbonyl (C=O) groups is 2. The molecule has 1 aliphatic heterocycles. The molecule has 0 N–H and O–H groups in total. The molecule has 35 heavy (non-hydrogen) atoms. The second-order valence-electron chi connectivity index (χ2n) is 8.31. The number of ether oxygens (including phenoxy) is 2. The molecule has 0 unspecified atom stereocenters. The molecule has 0 amide bonds. The number of hydrogen-bond donors (Lipinski definition) is 0. The smallest absolute Gasteiger partial charge is 0.336 e. The molecular formula is C29H36N2O4. The standard InChI is InChI=1S/C29H36N2O4/c1-7-30(8-2)23-18-16-22(17-19-23)27-25(28(32)34-9-3)20(5)31(24-14-12-11-13-15-24)21(6)26(27)29(33)35-10-4/h11-19,27H,7-10H2,1-6H3. The fraction of sp³-hybridized carbons (Fsp3) is 0.379. The van der Waals surface area contributed by atoms with Crippen LogP contribution in [0.5, 0.6) is 0 Å². The average molecular weight is 477 g/mol. The Morgan fingerprint density at radius 3 is 1.69 bits per heavy atom. The van der Waals surface area contributed by atoms with Gasteiger partial charge in [-0.15, -0.1) is 0 Å². The molecule has 0 saturated heterocycles. The summed E-state index contributed by atoms with van der Waals surface area (Å²) in [6.07, 6.45) is 0. The molecular weight excluding hydrogens is 440 g/mol. The molecule has 3 rings (SSSR count). The Bertz CT molecular complexity index is 1060. The summed E-state index contributed by atoms with van der Waals surface area (Å²) in [7, 11) is 0. The van der Waals surface area contributed by atoms with Gasteiger partial charge < -0.3 is 19.3 Å². The maximum absolute atomic E-state index is 13.4. The summed E-state index contributed by atoms with van der Waals surface area (Å²) >= 11 is 0. The summed E-state index contributed by atoms with van der Waals surface area (Å²) in [6, 6.07) is 17.8. The summed E-state index contributed by atoms with van der Waals surface area (Å²) < 4.78 is 11.0. The predicted molar refractivity (Wildman–Crippen MR) is 140 cm³/mol. The topological polar surface area (TPSA) is 59.1 Å². The van der Waals surface area contributed by atoms with E-state index in [4.69, 9.17) is 9.47 Å². The first-order valence-corrected chi connectivity index (χ1v) is 12.3. The number of esters is 2. The lowest BCUT2D eigenvalue weighted by molar-refractivity contribution is -0.139. The van der Waals surface area contributed by atoms with E-state index in [1.54, 1.807) is 13.8 Å². The lowest BCUT2D eigenvalue weighted by atomic mass is 9.79. The van der Waals surface area contributed by atoms with Crippen LogP contribution in [0.2, 0.25) is 0 Å². The van der Waals surface area contributed by atoms with Gasteiger partial charge in [0, 0.05) is 35.9 Å². The maximum Gasteiger partial charge on any atom is 0.336 e. The van der Waals surface area contributed by atoms with Gasteiger partial charge in [0.05, 0.1) is 30.3 Å². The zero-order valence-corrected chi connectivity index (χ0v) is 21.6. The molecule has 0 atom stereocenters. The number of nitrogens with zero attached hydrogens (tertiary/aromatic N) is 2. The molecule has 2 aromatic carbocycles. The fourth-order valence-corrected chi connectivity index (χ4v) is 4.77. The molecule has 0 bridgehead atoms. The van der Waals surface area contributed by atoms with E-state index in [1.807, 2.05) is 73.3 Å². The Hall–Kier alpha value is -3.54. The maximum atomic E-state index is 13.4. The third-order valence-electron chi connectivity index (χ3n) is 6.39. The number of rotatable bonds is 9. The first-order chi connectivity index (χ1) is 16.9. The van der Waals surface area contributed by atoms with Crippen molar-refractivity contribution >= 4 is 23.3 Å². The SMILES string of the molecule is CCOC(=O)C1=C(C)N(c2ccccc2)C(C)=C(C(=O)OCC)C1c1ccc(N(CC)CC)cc1. The molecule has 0 spiro atoms. The van der Waals surface area contributed by atoms with Crippen molar-refractivity contribution in [2.45, 2.75) is 47.5 Å². The molecule has 6 heteroatoms. The van der Waals surface area contributed by atoms with Crippen molar-refractivity contribution in [1.29, 1.82) is 0 Å². The normalized spacial score (nSPS) is 14.3.